The van der Waals surface area contributed by atoms with Gasteiger partial charge in [-0.2, -0.15) is 13.2 Å². The summed E-state index contributed by atoms with van der Waals surface area (Å²) in [5.74, 6) is 0.101. The Morgan fingerprint density at radius 2 is 1.54 bits per heavy atom. The molecule has 26 heavy (non-hydrogen) atoms. The first-order chi connectivity index (χ1) is 12.3. The molecule has 0 aromatic heterocycles. The molecular formula is C17H17F3N2O4. The first-order valence-electron chi connectivity index (χ1n) is 7.34. The van der Waals surface area contributed by atoms with Gasteiger partial charge in [0.05, 0.1) is 32.6 Å². The van der Waals surface area contributed by atoms with E-state index in [2.05, 4.69) is 10.9 Å². The van der Waals surface area contributed by atoms with Gasteiger partial charge >= 0.3 is 6.18 Å². The van der Waals surface area contributed by atoms with Crippen LogP contribution < -0.4 is 25.1 Å². The number of para-hydroxylation sites is 1. The zero-order chi connectivity index (χ0) is 19.3. The lowest BCUT2D eigenvalue weighted by Crippen LogP contribution is -2.30. The minimum atomic E-state index is -4.55. The number of carbonyl (C=O) groups excluding carboxylic acids is 1. The van der Waals surface area contributed by atoms with E-state index in [9.17, 15) is 18.0 Å². The molecule has 0 heterocycles. The number of amides is 1. The summed E-state index contributed by atoms with van der Waals surface area (Å²) in [6.45, 7) is 0. The molecule has 140 valence electrons. The first kappa shape index (κ1) is 19.2. The average Bonchev–Trinajstić information content (AvgIpc) is 2.64. The number of nitrogens with one attached hydrogen (secondary N) is 2. The molecule has 0 saturated heterocycles. The Bertz CT molecular complexity index is 769. The molecule has 0 radical (unpaired) electrons. The number of benzene rings is 2. The summed E-state index contributed by atoms with van der Waals surface area (Å²) in [6, 6.07) is 7.56. The third-order valence-electron chi connectivity index (χ3n) is 3.47. The molecule has 2 N–H and O–H groups in total. The van der Waals surface area contributed by atoms with Gasteiger partial charge < -0.3 is 14.2 Å². The van der Waals surface area contributed by atoms with Crippen LogP contribution in [0.25, 0.3) is 0 Å². The fraction of sp³-hybridized carbons (Fsp3) is 0.235. The van der Waals surface area contributed by atoms with Crippen molar-refractivity contribution in [3.8, 4) is 17.2 Å². The van der Waals surface area contributed by atoms with Gasteiger partial charge in [-0.05, 0) is 24.3 Å². The van der Waals surface area contributed by atoms with Crippen molar-refractivity contribution >= 4 is 11.6 Å². The van der Waals surface area contributed by atoms with Crippen LogP contribution in [0.15, 0.2) is 36.4 Å². The van der Waals surface area contributed by atoms with Crippen molar-refractivity contribution in [3.05, 3.63) is 47.5 Å². The van der Waals surface area contributed by atoms with Crippen molar-refractivity contribution in [2.45, 2.75) is 6.18 Å². The number of hydrogen-bond donors (Lipinski definition) is 2. The van der Waals surface area contributed by atoms with Gasteiger partial charge in [-0.1, -0.05) is 12.1 Å². The summed E-state index contributed by atoms with van der Waals surface area (Å²) in [5.41, 5.74) is 3.45. The Balaban J connectivity index is 2.24. The minimum absolute atomic E-state index is 0.108. The number of rotatable bonds is 6. The summed E-state index contributed by atoms with van der Waals surface area (Å²) < 4.78 is 54.4. The molecule has 1 amide bonds. The first-order valence-corrected chi connectivity index (χ1v) is 7.34. The monoisotopic (exact) mass is 370 g/mol. The molecule has 0 spiro atoms. The molecule has 0 fully saturated rings. The summed E-state index contributed by atoms with van der Waals surface area (Å²) in [6.07, 6.45) is -4.55. The molecule has 2 aromatic carbocycles. The Kier molecular flexibility index (Phi) is 5.81. The fourth-order valence-corrected chi connectivity index (χ4v) is 2.25. The second-order valence-electron chi connectivity index (χ2n) is 5.04. The van der Waals surface area contributed by atoms with Crippen LogP contribution in [-0.4, -0.2) is 27.2 Å². The van der Waals surface area contributed by atoms with Crippen LogP contribution in [0.5, 0.6) is 17.2 Å². The van der Waals surface area contributed by atoms with Crippen LogP contribution in [0.2, 0.25) is 0 Å². The summed E-state index contributed by atoms with van der Waals surface area (Å²) in [7, 11) is 4.18. The van der Waals surface area contributed by atoms with E-state index in [0.29, 0.717) is 5.75 Å². The number of carbonyl (C=O) groups is 1. The minimum Gasteiger partial charge on any atom is -0.493 e. The van der Waals surface area contributed by atoms with E-state index in [1.165, 1.54) is 51.7 Å². The summed E-state index contributed by atoms with van der Waals surface area (Å²) in [5, 5.41) is 0. The van der Waals surface area contributed by atoms with Crippen LogP contribution in [0.3, 0.4) is 0 Å². The van der Waals surface area contributed by atoms with Crippen molar-refractivity contribution in [3.63, 3.8) is 0 Å². The van der Waals surface area contributed by atoms with E-state index >= 15 is 0 Å². The second kappa shape index (κ2) is 7.85. The number of ether oxygens (including phenoxy) is 3. The largest absolute Gasteiger partial charge is 0.493 e. The Labute approximate surface area is 147 Å². The van der Waals surface area contributed by atoms with Crippen molar-refractivity contribution in [2.24, 2.45) is 0 Å². The van der Waals surface area contributed by atoms with Gasteiger partial charge in [-0.25, -0.2) is 0 Å². The predicted octanol–water partition coefficient (Wildman–Crippen LogP) is 3.49. The third-order valence-corrected chi connectivity index (χ3v) is 3.47. The van der Waals surface area contributed by atoms with E-state index in [4.69, 9.17) is 14.2 Å². The van der Waals surface area contributed by atoms with Crippen LogP contribution in [0.4, 0.5) is 18.9 Å². The quantitative estimate of drug-likeness (QED) is 0.762. The molecule has 0 aliphatic rings. The van der Waals surface area contributed by atoms with E-state index in [1.807, 2.05) is 0 Å². The van der Waals surface area contributed by atoms with Crippen molar-refractivity contribution in [1.82, 2.24) is 5.43 Å². The zero-order valence-corrected chi connectivity index (χ0v) is 14.2. The van der Waals surface area contributed by atoms with Crippen LogP contribution in [0, 0.1) is 0 Å². The zero-order valence-electron chi connectivity index (χ0n) is 14.2. The van der Waals surface area contributed by atoms with Crippen molar-refractivity contribution < 1.29 is 32.2 Å². The Hall–Kier alpha value is -3.10. The molecule has 9 heteroatoms. The molecule has 0 bridgehead atoms. The number of halogens is 3. The van der Waals surface area contributed by atoms with E-state index in [0.717, 1.165) is 6.07 Å². The van der Waals surface area contributed by atoms with Crippen molar-refractivity contribution in [1.29, 1.82) is 0 Å². The lowest BCUT2D eigenvalue weighted by molar-refractivity contribution is -0.137. The topological polar surface area (TPSA) is 68.8 Å². The molecular weight excluding hydrogens is 353 g/mol. The fourth-order valence-electron chi connectivity index (χ4n) is 2.25. The molecule has 0 atom stereocenters. The van der Waals surface area contributed by atoms with E-state index in [1.54, 1.807) is 0 Å². The van der Waals surface area contributed by atoms with Crippen molar-refractivity contribution in [2.75, 3.05) is 26.8 Å². The SMILES string of the molecule is COc1cc(C(=O)NNc2ccccc2C(F)(F)F)cc(OC)c1OC. The number of methoxy groups -OCH3 is 3. The van der Waals surface area contributed by atoms with Crippen LogP contribution in [-0.2, 0) is 6.18 Å². The Morgan fingerprint density at radius 3 is 2.04 bits per heavy atom. The molecule has 0 unspecified atom stereocenters. The highest BCUT2D eigenvalue weighted by Crippen LogP contribution is 2.38. The highest BCUT2D eigenvalue weighted by molar-refractivity contribution is 5.96. The number of alkyl halides is 3. The van der Waals surface area contributed by atoms with Gasteiger partial charge in [0.2, 0.25) is 5.75 Å². The molecule has 0 saturated carbocycles. The van der Waals surface area contributed by atoms with Gasteiger partial charge in [0.25, 0.3) is 5.91 Å². The van der Waals surface area contributed by atoms with Crippen LogP contribution in [0.1, 0.15) is 15.9 Å². The number of hydrazine groups is 1. The van der Waals surface area contributed by atoms with Gasteiger partial charge in [-0.15, -0.1) is 0 Å². The molecule has 0 aliphatic heterocycles. The molecule has 6 nitrogen and oxygen atoms in total. The molecule has 0 aliphatic carbocycles. The lowest BCUT2D eigenvalue weighted by atomic mass is 10.1. The van der Waals surface area contributed by atoms with Gasteiger partial charge in [0.1, 0.15) is 0 Å². The number of hydrogen-bond acceptors (Lipinski definition) is 5. The molecule has 2 rings (SSSR count). The summed E-state index contributed by atoms with van der Waals surface area (Å²) >= 11 is 0. The predicted molar refractivity (Wildman–Crippen MR) is 88.6 cm³/mol. The number of anilines is 1. The van der Waals surface area contributed by atoms with Crippen LogP contribution >= 0.6 is 0 Å². The Morgan fingerprint density at radius 1 is 0.962 bits per heavy atom. The van der Waals surface area contributed by atoms with Gasteiger partial charge in [0.15, 0.2) is 11.5 Å². The maximum Gasteiger partial charge on any atom is 0.418 e. The maximum atomic E-state index is 13.0. The average molecular weight is 370 g/mol. The highest BCUT2D eigenvalue weighted by atomic mass is 19.4. The third kappa shape index (κ3) is 4.11. The normalized spacial score (nSPS) is 10.8. The van der Waals surface area contributed by atoms with Gasteiger partial charge in [0, 0.05) is 5.56 Å². The standard InChI is InChI=1S/C17H17F3N2O4/c1-24-13-8-10(9-14(25-2)15(13)26-3)16(23)22-21-12-7-5-4-6-11(12)17(18,19)20/h4-9,21H,1-3H3,(H,22,23). The lowest BCUT2D eigenvalue weighted by Gasteiger charge is -2.16. The maximum absolute atomic E-state index is 13.0. The molecule has 2 aromatic rings. The van der Waals surface area contributed by atoms with E-state index < -0.39 is 17.6 Å². The van der Waals surface area contributed by atoms with E-state index in [-0.39, 0.29) is 22.7 Å². The van der Waals surface area contributed by atoms with Gasteiger partial charge in [-0.3, -0.25) is 15.6 Å². The smallest absolute Gasteiger partial charge is 0.418 e. The second-order valence-corrected chi connectivity index (χ2v) is 5.04. The highest BCUT2D eigenvalue weighted by Gasteiger charge is 2.33. The summed E-state index contributed by atoms with van der Waals surface area (Å²) in [4.78, 5) is 12.3.